The topological polar surface area (TPSA) is 85.2 Å². The van der Waals surface area contributed by atoms with Crippen molar-refractivity contribution in [3.05, 3.63) is 0 Å². The van der Waals surface area contributed by atoms with Gasteiger partial charge in [0.25, 0.3) is 0 Å². The fourth-order valence-corrected chi connectivity index (χ4v) is 4.77. The van der Waals surface area contributed by atoms with E-state index in [2.05, 4.69) is 22.6 Å². The summed E-state index contributed by atoms with van der Waals surface area (Å²) in [4.78, 5) is 12.0. The molecule has 3 aliphatic rings. The third-order valence-electron chi connectivity index (χ3n) is 4.62. The van der Waals surface area contributed by atoms with Crippen molar-refractivity contribution >= 4 is 28.6 Å². The van der Waals surface area contributed by atoms with E-state index < -0.39 is 17.3 Å². The van der Waals surface area contributed by atoms with Crippen molar-refractivity contribution in [3.8, 4) is 0 Å². The third kappa shape index (κ3) is 2.27. The van der Waals surface area contributed by atoms with E-state index >= 15 is 0 Å². The van der Waals surface area contributed by atoms with E-state index in [1.807, 2.05) is 0 Å². The van der Waals surface area contributed by atoms with Crippen LogP contribution in [0.3, 0.4) is 0 Å². The third-order valence-corrected chi connectivity index (χ3v) is 5.87. The van der Waals surface area contributed by atoms with E-state index in [0.717, 1.165) is 0 Å². The molecule has 0 aromatic rings. The molecule has 3 fully saturated rings. The molecule has 2 N–H and O–H groups in total. The minimum Gasteiger partial charge on any atom is -0.461 e. The van der Waals surface area contributed by atoms with Crippen LogP contribution in [0.25, 0.3) is 0 Å². The van der Waals surface area contributed by atoms with Crippen LogP contribution < -0.4 is 0 Å². The highest BCUT2D eigenvalue weighted by Gasteiger charge is 2.64. The van der Waals surface area contributed by atoms with Crippen LogP contribution in [0.2, 0.25) is 0 Å². The highest BCUT2D eigenvalue weighted by molar-refractivity contribution is 14.1. The number of alkyl halides is 1. The first-order valence-corrected chi connectivity index (χ1v) is 8.15. The van der Waals surface area contributed by atoms with Crippen LogP contribution in [0.1, 0.15) is 25.7 Å². The Labute approximate surface area is 130 Å². The van der Waals surface area contributed by atoms with Gasteiger partial charge in [0.2, 0.25) is 0 Å². The molecular weight excluding hydrogens is 379 g/mol. The molecule has 0 radical (unpaired) electrons. The van der Waals surface area contributed by atoms with Crippen LogP contribution in [0, 0.1) is 5.41 Å². The first-order chi connectivity index (χ1) is 9.50. The highest BCUT2D eigenvalue weighted by atomic mass is 127. The summed E-state index contributed by atoms with van der Waals surface area (Å²) in [5, 5.41) is 19.1. The molecule has 1 saturated carbocycles. The molecule has 114 valence electrons. The number of aliphatic hydroxyl groups is 2. The highest BCUT2D eigenvalue weighted by Crippen LogP contribution is 2.58. The summed E-state index contributed by atoms with van der Waals surface area (Å²) in [6.07, 6.45) is 0.674. The van der Waals surface area contributed by atoms with Gasteiger partial charge in [0.1, 0.15) is 6.10 Å². The second-order valence-electron chi connectivity index (χ2n) is 5.90. The van der Waals surface area contributed by atoms with E-state index in [-0.39, 0.29) is 29.0 Å². The van der Waals surface area contributed by atoms with Gasteiger partial charge in [-0.2, -0.15) is 0 Å². The maximum absolute atomic E-state index is 12.0. The molecule has 0 amide bonds. The molecular formula is C13H19IO6. The molecule has 2 heterocycles. The minimum atomic E-state index is -0.878. The Morgan fingerprint density at radius 2 is 2.05 bits per heavy atom. The summed E-state index contributed by atoms with van der Waals surface area (Å²) in [7, 11) is 0. The molecule has 3 rings (SSSR count). The molecule has 2 saturated heterocycles. The van der Waals surface area contributed by atoms with Crippen molar-refractivity contribution in [2.24, 2.45) is 5.41 Å². The molecule has 7 heteroatoms. The predicted molar refractivity (Wildman–Crippen MR) is 76.3 cm³/mol. The van der Waals surface area contributed by atoms with Crippen molar-refractivity contribution in [2.45, 2.75) is 47.6 Å². The number of rotatable bonds is 3. The minimum absolute atomic E-state index is 0.134. The maximum Gasteiger partial charge on any atom is 0.306 e. The van der Waals surface area contributed by atoms with Crippen molar-refractivity contribution in [3.63, 3.8) is 0 Å². The number of carbonyl (C=O) groups excluding carboxylic acids is 1. The average molecular weight is 398 g/mol. The van der Waals surface area contributed by atoms with Crippen LogP contribution in [-0.4, -0.2) is 57.9 Å². The van der Waals surface area contributed by atoms with Crippen LogP contribution in [0.5, 0.6) is 0 Å². The zero-order chi connectivity index (χ0) is 14.4. The average Bonchev–Trinajstić information content (AvgIpc) is 2.86. The Morgan fingerprint density at radius 1 is 1.35 bits per heavy atom. The molecule has 20 heavy (non-hydrogen) atoms. The molecule has 2 bridgehead atoms. The van der Waals surface area contributed by atoms with E-state index in [0.29, 0.717) is 32.5 Å². The summed E-state index contributed by atoms with van der Waals surface area (Å²) in [6, 6.07) is 0. The maximum atomic E-state index is 12.0. The van der Waals surface area contributed by atoms with Crippen molar-refractivity contribution < 1.29 is 29.2 Å². The molecule has 4 atom stereocenters. The number of fused-ring (bicyclic) bond motifs is 3. The van der Waals surface area contributed by atoms with Gasteiger partial charge in [-0.25, -0.2) is 0 Å². The lowest BCUT2D eigenvalue weighted by Crippen LogP contribution is -2.63. The van der Waals surface area contributed by atoms with Gasteiger partial charge in [0.05, 0.1) is 36.3 Å². The number of esters is 1. The Balaban J connectivity index is 1.96. The van der Waals surface area contributed by atoms with Gasteiger partial charge in [0.15, 0.2) is 5.79 Å². The second-order valence-corrected chi connectivity index (χ2v) is 7.50. The van der Waals surface area contributed by atoms with Gasteiger partial charge in [-0.15, -0.1) is 0 Å². The summed E-state index contributed by atoms with van der Waals surface area (Å²) in [6.45, 7) is 0.672. The number of hydrogen-bond donors (Lipinski definition) is 2. The molecule has 2 aliphatic heterocycles. The number of carbonyl (C=O) groups is 1. The van der Waals surface area contributed by atoms with Crippen molar-refractivity contribution in [1.82, 2.24) is 0 Å². The summed E-state index contributed by atoms with van der Waals surface area (Å²) in [5.41, 5.74) is -0.604. The summed E-state index contributed by atoms with van der Waals surface area (Å²) < 4.78 is 17.4. The standard InChI is InChI=1S/C13H19IO6/c14-9-4-13(18-1-2-19-13)12(3-8(16)7-15)5-10(9)20-11(17)6-12/h8-10,15-16H,1-7H2/t8-,9-,10-,12+/m0/s1. The molecule has 1 aliphatic carbocycles. The predicted octanol–water partition coefficient (Wildman–Crippen LogP) is 0.372. The molecule has 1 spiro atoms. The number of halogens is 1. The lowest BCUT2D eigenvalue weighted by molar-refractivity contribution is -0.288. The van der Waals surface area contributed by atoms with Gasteiger partial charge >= 0.3 is 5.97 Å². The van der Waals surface area contributed by atoms with Gasteiger partial charge in [0, 0.05) is 11.8 Å². The van der Waals surface area contributed by atoms with E-state index in [1.165, 1.54) is 0 Å². The van der Waals surface area contributed by atoms with E-state index in [4.69, 9.17) is 19.3 Å². The van der Waals surface area contributed by atoms with Crippen LogP contribution in [-0.2, 0) is 19.0 Å². The lowest BCUT2D eigenvalue weighted by atomic mass is 9.62. The van der Waals surface area contributed by atoms with Crippen LogP contribution in [0.4, 0.5) is 0 Å². The largest absolute Gasteiger partial charge is 0.461 e. The number of aliphatic hydroxyl groups excluding tert-OH is 2. The van der Waals surface area contributed by atoms with E-state index in [9.17, 15) is 9.90 Å². The van der Waals surface area contributed by atoms with Gasteiger partial charge in [-0.05, 0) is 12.8 Å². The second kappa shape index (κ2) is 5.35. The van der Waals surface area contributed by atoms with Gasteiger partial charge in [-0.1, -0.05) is 22.6 Å². The monoisotopic (exact) mass is 398 g/mol. The summed E-state index contributed by atoms with van der Waals surface area (Å²) in [5.74, 6) is -1.10. The molecule has 6 nitrogen and oxygen atoms in total. The zero-order valence-electron chi connectivity index (χ0n) is 11.1. The SMILES string of the molecule is O=C1C[C@@]2(C[C@H](O)CO)C[C@H](O1)[C@@H](I)CC21OCCO1. The quantitative estimate of drug-likeness (QED) is 0.406. The Kier molecular flexibility index (Phi) is 4.00. The number of hydrogen-bond acceptors (Lipinski definition) is 6. The fourth-order valence-electron chi connectivity index (χ4n) is 3.79. The van der Waals surface area contributed by atoms with Crippen LogP contribution >= 0.6 is 22.6 Å². The Hall–Kier alpha value is 0.0400. The Bertz CT molecular complexity index is 392. The lowest BCUT2D eigenvalue weighted by Gasteiger charge is -2.55. The first-order valence-electron chi connectivity index (χ1n) is 6.91. The number of ether oxygens (including phenoxy) is 3. The van der Waals surface area contributed by atoms with Crippen molar-refractivity contribution in [2.75, 3.05) is 19.8 Å². The fraction of sp³-hybridized carbons (Fsp3) is 0.923. The normalized spacial score (nSPS) is 40.6. The molecule has 0 aromatic carbocycles. The van der Waals surface area contributed by atoms with Crippen molar-refractivity contribution in [1.29, 1.82) is 0 Å². The van der Waals surface area contributed by atoms with E-state index in [1.54, 1.807) is 0 Å². The smallest absolute Gasteiger partial charge is 0.306 e. The van der Waals surface area contributed by atoms with Gasteiger partial charge in [-0.3, -0.25) is 4.79 Å². The molecule has 0 aromatic heterocycles. The Morgan fingerprint density at radius 3 is 2.70 bits per heavy atom. The molecule has 0 unspecified atom stereocenters. The first kappa shape index (κ1) is 15.0. The van der Waals surface area contributed by atoms with Crippen LogP contribution in [0.15, 0.2) is 0 Å². The summed E-state index contributed by atoms with van der Waals surface area (Å²) >= 11 is 2.27. The zero-order valence-corrected chi connectivity index (χ0v) is 13.2. The van der Waals surface area contributed by atoms with Gasteiger partial charge < -0.3 is 24.4 Å².